The Labute approximate surface area is 169 Å². The monoisotopic (exact) mass is 407 g/mol. The van der Waals surface area contributed by atoms with E-state index in [9.17, 15) is 0 Å². The SMILES string of the molecule is CN[C@H]1CC[C@@H](c2ccc(Cl)c(Cl)c2)c2ccc(-c3cc[nH]n3)cc21.Cl. The van der Waals surface area contributed by atoms with E-state index in [0.29, 0.717) is 22.0 Å². The summed E-state index contributed by atoms with van der Waals surface area (Å²) in [5.74, 6) is 0.336. The summed E-state index contributed by atoms with van der Waals surface area (Å²) in [6.07, 6.45) is 4.01. The average Bonchev–Trinajstić information content (AvgIpc) is 3.17. The van der Waals surface area contributed by atoms with Gasteiger partial charge in [0, 0.05) is 23.7 Å². The van der Waals surface area contributed by atoms with E-state index in [2.05, 4.69) is 39.8 Å². The summed E-state index contributed by atoms with van der Waals surface area (Å²) in [5.41, 5.74) is 6.01. The van der Waals surface area contributed by atoms with Crippen LogP contribution in [0.2, 0.25) is 10.0 Å². The van der Waals surface area contributed by atoms with Crippen LogP contribution in [-0.2, 0) is 0 Å². The minimum atomic E-state index is 0. The van der Waals surface area contributed by atoms with Crippen molar-refractivity contribution in [2.24, 2.45) is 0 Å². The highest BCUT2D eigenvalue weighted by molar-refractivity contribution is 6.42. The van der Waals surface area contributed by atoms with E-state index in [0.717, 1.165) is 24.1 Å². The number of hydrogen-bond acceptors (Lipinski definition) is 2. The van der Waals surface area contributed by atoms with Crippen LogP contribution in [0.1, 0.15) is 41.5 Å². The second-order valence-corrected chi connectivity index (χ2v) is 7.26. The number of rotatable bonds is 3. The van der Waals surface area contributed by atoms with E-state index >= 15 is 0 Å². The Balaban J connectivity index is 0.00000196. The molecule has 0 amide bonds. The topological polar surface area (TPSA) is 40.7 Å². The molecule has 2 atom stereocenters. The quantitative estimate of drug-likeness (QED) is 0.558. The van der Waals surface area contributed by atoms with Crippen LogP contribution in [-0.4, -0.2) is 17.2 Å². The van der Waals surface area contributed by atoms with Gasteiger partial charge in [0.05, 0.1) is 15.7 Å². The van der Waals surface area contributed by atoms with Crippen LogP contribution in [0.15, 0.2) is 48.7 Å². The van der Waals surface area contributed by atoms with Gasteiger partial charge in [-0.05, 0) is 60.8 Å². The number of aromatic nitrogens is 2. The molecule has 2 aromatic carbocycles. The third-order valence-corrected chi connectivity index (χ3v) is 5.81. The van der Waals surface area contributed by atoms with E-state index in [1.807, 2.05) is 31.4 Å². The predicted molar refractivity (Wildman–Crippen MR) is 111 cm³/mol. The molecule has 3 nitrogen and oxygen atoms in total. The Bertz CT molecular complexity index is 893. The van der Waals surface area contributed by atoms with Crippen molar-refractivity contribution >= 4 is 35.6 Å². The van der Waals surface area contributed by atoms with E-state index in [4.69, 9.17) is 23.2 Å². The standard InChI is InChI=1S/C20H19Cl2N3.ClH/c1-23-20-7-5-14(12-3-6-17(21)18(22)11-12)15-4-2-13(10-16(15)20)19-8-9-24-25-19;/h2-4,6,8-11,14,20,23H,5,7H2,1H3,(H,24,25);1H/t14-,20-;/m0./s1. The largest absolute Gasteiger partial charge is 0.313 e. The predicted octanol–water partition coefficient (Wildman–Crippen LogP) is 5.99. The van der Waals surface area contributed by atoms with Gasteiger partial charge in [0.2, 0.25) is 0 Å². The fraction of sp³-hybridized carbons (Fsp3) is 0.250. The lowest BCUT2D eigenvalue weighted by atomic mass is 9.76. The van der Waals surface area contributed by atoms with Gasteiger partial charge in [0.15, 0.2) is 0 Å². The van der Waals surface area contributed by atoms with Crippen molar-refractivity contribution in [1.29, 1.82) is 0 Å². The van der Waals surface area contributed by atoms with Crippen LogP contribution in [0.25, 0.3) is 11.3 Å². The summed E-state index contributed by atoms with van der Waals surface area (Å²) in [7, 11) is 2.02. The van der Waals surface area contributed by atoms with Crippen LogP contribution >= 0.6 is 35.6 Å². The first-order valence-electron chi connectivity index (χ1n) is 8.43. The molecule has 0 unspecified atom stereocenters. The maximum absolute atomic E-state index is 6.25. The maximum atomic E-state index is 6.25. The lowest BCUT2D eigenvalue weighted by molar-refractivity contribution is 0.471. The molecule has 0 saturated carbocycles. The maximum Gasteiger partial charge on any atom is 0.0920 e. The molecule has 2 N–H and O–H groups in total. The third kappa shape index (κ3) is 3.49. The average molecular weight is 409 g/mol. The molecular formula is C20H20Cl3N3. The molecule has 26 heavy (non-hydrogen) atoms. The molecule has 0 saturated heterocycles. The van der Waals surface area contributed by atoms with Gasteiger partial charge in [-0.25, -0.2) is 0 Å². The number of nitrogens with one attached hydrogen (secondary N) is 2. The lowest BCUT2D eigenvalue weighted by Gasteiger charge is -2.32. The molecule has 1 aliphatic carbocycles. The highest BCUT2D eigenvalue weighted by Gasteiger charge is 2.28. The molecule has 0 radical (unpaired) electrons. The number of H-pyrrole nitrogens is 1. The number of fused-ring (bicyclic) bond motifs is 1. The van der Waals surface area contributed by atoms with Crippen molar-refractivity contribution in [1.82, 2.24) is 15.5 Å². The van der Waals surface area contributed by atoms with E-state index in [1.54, 1.807) is 0 Å². The molecule has 0 spiro atoms. The second kappa shape index (κ2) is 8.01. The zero-order chi connectivity index (χ0) is 17.4. The summed E-state index contributed by atoms with van der Waals surface area (Å²) >= 11 is 12.3. The fourth-order valence-electron chi connectivity index (χ4n) is 3.79. The van der Waals surface area contributed by atoms with Gasteiger partial charge in [-0.15, -0.1) is 12.4 Å². The van der Waals surface area contributed by atoms with Crippen molar-refractivity contribution in [3.8, 4) is 11.3 Å². The van der Waals surface area contributed by atoms with Gasteiger partial charge in [0.1, 0.15) is 0 Å². The Morgan fingerprint density at radius 3 is 2.54 bits per heavy atom. The third-order valence-electron chi connectivity index (χ3n) is 5.07. The minimum Gasteiger partial charge on any atom is -0.313 e. The zero-order valence-electron chi connectivity index (χ0n) is 14.3. The number of nitrogens with zero attached hydrogens (tertiary/aromatic N) is 1. The molecule has 6 heteroatoms. The Kier molecular flexibility index (Phi) is 5.93. The van der Waals surface area contributed by atoms with Gasteiger partial charge in [0.25, 0.3) is 0 Å². The molecule has 0 fully saturated rings. The number of benzene rings is 2. The molecule has 3 aromatic rings. The van der Waals surface area contributed by atoms with Crippen molar-refractivity contribution in [3.63, 3.8) is 0 Å². The van der Waals surface area contributed by atoms with Crippen molar-refractivity contribution in [2.45, 2.75) is 24.8 Å². The summed E-state index contributed by atoms with van der Waals surface area (Å²) < 4.78 is 0. The highest BCUT2D eigenvalue weighted by atomic mass is 35.5. The summed E-state index contributed by atoms with van der Waals surface area (Å²) in [6.45, 7) is 0. The molecule has 0 aliphatic heterocycles. The first-order valence-corrected chi connectivity index (χ1v) is 9.19. The van der Waals surface area contributed by atoms with Gasteiger partial charge in [-0.3, -0.25) is 5.10 Å². The first kappa shape index (κ1) is 19.2. The number of halogens is 3. The van der Waals surface area contributed by atoms with E-state index in [1.165, 1.54) is 16.7 Å². The minimum absolute atomic E-state index is 0. The Morgan fingerprint density at radius 2 is 1.85 bits per heavy atom. The van der Waals surface area contributed by atoms with Crippen LogP contribution in [0.4, 0.5) is 0 Å². The van der Waals surface area contributed by atoms with E-state index < -0.39 is 0 Å². The zero-order valence-corrected chi connectivity index (χ0v) is 16.6. The van der Waals surface area contributed by atoms with Crippen LogP contribution in [0, 0.1) is 0 Å². The molecule has 1 aliphatic rings. The van der Waals surface area contributed by atoms with Gasteiger partial charge in [-0.2, -0.15) is 5.10 Å². The summed E-state index contributed by atoms with van der Waals surface area (Å²) in [5, 5.41) is 11.9. The normalized spacial score (nSPS) is 18.9. The summed E-state index contributed by atoms with van der Waals surface area (Å²) in [6, 6.07) is 15.0. The molecule has 136 valence electrons. The molecule has 4 rings (SSSR count). The number of aromatic amines is 1. The van der Waals surface area contributed by atoms with Crippen molar-refractivity contribution < 1.29 is 0 Å². The first-order chi connectivity index (χ1) is 12.2. The fourth-order valence-corrected chi connectivity index (χ4v) is 4.10. The number of hydrogen-bond donors (Lipinski definition) is 2. The smallest absolute Gasteiger partial charge is 0.0920 e. The molecular weight excluding hydrogens is 389 g/mol. The van der Waals surface area contributed by atoms with Gasteiger partial charge >= 0.3 is 0 Å². The van der Waals surface area contributed by atoms with Crippen LogP contribution in [0.5, 0.6) is 0 Å². The van der Waals surface area contributed by atoms with Crippen molar-refractivity contribution in [3.05, 3.63) is 75.4 Å². The molecule has 0 bridgehead atoms. The second-order valence-electron chi connectivity index (χ2n) is 6.45. The highest BCUT2D eigenvalue weighted by Crippen LogP contribution is 2.43. The van der Waals surface area contributed by atoms with Crippen molar-refractivity contribution in [2.75, 3.05) is 7.05 Å². The Morgan fingerprint density at radius 1 is 1.00 bits per heavy atom. The van der Waals surface area contributed by atoms with Crippen LogP contribution in [0.3, 0.4) is 0 Å². The Hall–Kier alpha value is -1.52. The van der Waals surface area contributed by atoms with Crippen LogP contribution < -0.4 is 5.32 Å². The molecule has 1 heterocycles. The van der Waals surface area contributed by atoms with Gasteiger partial charge < -0.3 is 5.32 Å². The van der Waals surface area contributed by atoms with Gasteiger partial charge in [-0.1, -0.05) is 41.4 Å². The summed E-state index contributed by atoms with van der Waals surface area (Å²) in [4.78, 5) is 0. The van der Waals surface area contributed by atoms with E-state index in [-0.39, 0.29) is 12.4 Å². The molecule has 1 aromatic heterocycles. The lowest BCUT2D eigenvalue weighted by Crippen LogP contribution is -2.24.